The number of carbonyl (C=O) groups is 1. The second-order valence-electron chi connectivity index (χ2n) is 4.82. The molecule has 104 valence electrons. The standard InChI is InChI=1S/C14H16F3NO/c15-10-7-12(16)11(13(17)8-10)9-14(19)18-5-3-1-2-4-6-18/h7-8H,1-6,9H2. The summed E-state index contributed by atoms with van der Waals surface area (Å²) in [4.78, 5) is 13.6. The zero-order valence-electron chi connectivity index (χ0n) is 10.6. The third-order valence-electron chi connectivity index (χ3n) is 3.39. The van der Waals surface area contributed by atoms with Gasteiger partial charge in [0.1, 0.15) is 17.5 Å². The first kappa shape index (κ1) is 13.9. The maximum absolute atomic E-state index is 13.5. The number of carbonyl (C=O) groups excluding carboxylic acids is 1. The third kappa shape index (κ3) is 3.49. The monoisotopic (exact) mass is 271 g/mol. The van der Waals surface area contributed by atoms with Gasteiger partial charge in [-0.25, -0.2) is 13.2 Å². The van der Waals surface area contributed by atoms with Crippen molar-refractivity contribution in [1.29, 1.82) is 0 Å². The molecule has 2 rings (SSSR count). The Hall–Kier alpha value is -1.52. The fraction of sp³-hybridized carbons (Fsp3) is 0.500. The molecule has 19 heavy (non-hydrogen) atoms. The fourth-order valence-corrected chi connectivity index (χ4v) is 2.32. The molecule has 1 fully saturated rings. The summed E-state index contributed by atoms with van der Waals surface area (Å²) in [6.07, 6.45) is 3.63. The van der Waals surface area contributed by atoms with E-state index >= 15 is 0 Å². The van der Waals surface area contributed by atoms with Crippen LogP contribution in [0.2, 0.25) is 0 Å². The summed E-state index contributed by atoms with van der Waals surface area (Å²) < 4.78 is 39.7. The molecule has 5 heteroatoms. The lowest BCUT2D eigenvalue weighted by atomic mass is 10.1. The largest absolute Gasteiger partial charge is 0.342 e. The van der Waals surface area contributed by atoms with Crippen LogP contribution in [0, 0.1) is 17.5 Å². The minimum atomic E-state index is -0.999. The molecular formula is C14H16F3NO. The molecule has 0 unspecified atom stereocenters. The Balaban J connectivity index is 2.10. The van der Waals surface area contributed by atoms with Gasteiger partial charge in [-0.3, -0.25) is 4.79 Å². The van der Waals surface area contributed by atoms with Gasteiger partial charge in [0, 0.05) is 30.8 Å². The number of halogens is 3. The van der Waals surface area contributed by atoms with Crippen molar-refractivity contribution in [1.82, 2.24) is 4.90 Å². The van der Waals surface area contributed by atoms with Crippen LogP contribution in [0.4, 0.5) is 13.2 Å². The van der Waals surface area contributed by atoms with Crippen molar-refractivity contribution in [3.63, 3.8) is 0 Å². The smallest absolute Gasteiger partial charge is 0.227 e. The van der Waals surface area contributed by atoms with E-state index in [0.717, 1.165) is 25.7 Å². The zero-order valence-corrected chi connectivity index (χ0v) is 10.6. The maximum atomic E-state index is 13.5. The highest BCUT2D eigenvalue weighted by Gasteiger charge is 2.20. The minimum absolute atomic E-state index is 0.300. The molecule has 0 spiro atoms. The molecule has 1 amide bonds. The first-order valence-electron chi connectivity index (χ1n) is 6.49. The van der Waals surface area contributed by atoms with Crippen molar-refractivity contribution in [3.8, 4) is 0 Å². The normalized spacial score (nSPS) is 16.3. The van der Waals surface area contributed by atoms with Crippen LogP contribution in [0.1, 0.15) is 31.2 Å². The molecule has 0 bridgehead atoms. The molecule has 0 N–H and O–H groups in total. The van der Waals surface area contributed by atoms with Crippen molar-refractivity contribution >= 4 is 5.91 Å². The second-order valence-corrected chi connectivity index (χ2v) is 4.82. The molecular weight excluding hydrogens is 255 g/mol. The highest BCUT2D eigenvalue weighted by molar-refractivity contribution is 5.78. The molecule has 2 nitrogen and oxygen atoms in total. The summed E-state index contributed by atoms with van der Waals surface area (Å²) in [5, 5.41) is 0. The molecule has 1 aromatic carbocycles. The second kappa shape index (κ2) is 6.08. The Morgan fingerprint density at radius 1 is 1.00 bits per heavy atom. The Bertz CT molecular complexity index is 445. The maximum Gasteiger partial charge on any atom is 0.227 e. The number of hydrogen-bond acceptors (Lipinski definition) is 1. The van der Waals surface area contributed by atoms with Crippen LogP contribution in [0.25, 0.3) is 0 Å². The van der Waals surface area contributed by atoms with Crippen LogP contribution in [-0.2, 0) is 11.2 Å². The van der Waals surface area contributed by atoms with Gasteiger partial charge in [-0.15, -0.1) is 0 Å². The number of benzene rings is 1. The van der Waals surface area contributed by atoms with E-state index in [0.29, 0.717) is 25.2 Å². The number of likely N-dealkylation sites (tertiary alicyclic amines) is 1. The minimum Gasteiger partial charge on any atom is -0.342 e. The number of nitrogens with zero attached hydrogens (tertiary/aromatic N) is 1. The summed E-state index contributed by atoms with van der Waals surface area (Å²) in [5.74, 6) is -3.27. The number of hydrogen-bond donors (Lipinski definition) is 0. The van der Waals surface area contributed by atoms with Crippen molar-refractivity contribution < 1.29 is 18.0 Å². The average molecular weight is 271 g/mol. The van der Waals surface area contributed by atoms with Gasteiger partial charge in [0.05, 0.1) is 6.42 Å². The molecule has 0 aliphatic carbocycles. The third-order valence-corrected chi connectivity index (χ3v) is 3.39. The summed E-state index contributed by atoms with van der Waals surface area (Å²) in [6.45, 7) is 1.26. The fourth-order valence-electron chi connectivity index (χ4n) is 2.32. The summed E-state index contributed by atoms with van der Waals surface area (Å²) in [7, 11) is 0. The molecule has 1 aliphatic rings. The lowest BCUT2D eigenvalue weighted by molar-refractivity contribution is -0.130. The van der Waals surface area contributed by atoms with Crippen LogP contribution in [-0.4, -0.2) is 23.9 Å². The average Bonchev–Trinajstić information content (AvgIpc) is 2.62. The molecule has 1 aromatic rings. The summed E-state index contributed by atoms with van der Waals surface area (Å²) >= 11 is 0. The van der Waals surface area contributed by atoms with Crippen LogP contribution < -0.4 is 0 Å². The van der Waals surface area contributed by atoms with Crippen LogP contribution >= 0.6 is 0 Å². The molecule has 1 aliphatic heterocycles. The Kier molecular flexibility index (Phi) is 4.45. The van der Waals surface area contributed by atoms with Gasteiger partial charge in [-0.05, 0) is 12.8 Å². The van der Waals surface area contributed by atoms with Crippen molar-refractivity contribution in [2.75, 3.05) is 13.1 Å². The lowest BCUT2D eigenvalue weighted by Crippen LogP contribution is -2.33. The van der Waals surface area contributed by atoms with Crippen LogP contribution in [0.3, 0.4) is 0 Å². The molecule has 1 heterocycles. The van der Waals surface area contributed by atoms with Crippen molar-refractivity contribution in [2.24, 2.45) is 0 Å². The van der Waals surface area contributed by atoms with Crippen LogP contribution in [0.15, 0.2) is 12.1 Å². The Morgan fingerprint density at radius 3 is 2.05 bits per heavy atom. The van der Waals surface area contributed by atoms with Gasteiger partial charge >= 0.3 is 0 Å². The Labute approximate surface area is 110 Å². The van der Waals surface area contributed by atoms with E-state index in [1.54, 1.807) is 4.90 Å². The van der Waals surface area contributed by atoms with E-state index in [4.69, 9.17) is 0 Å². The van der Waals surface area contributed by atoms with Gasteiger partial charge in [-0.2, -0.15) is 0 Å². The number of rotatable bonds is 2. The highest BCUT2D eigenvalue weighted by Crippen LogP contribution is 2.17. The van der Waals surface area contributed by atoms with Gasteiger partial charge in [-0.1, -0.05) is 12.8 Å². The predicted octanol–water partition coefficient (Wildman–Crippen LogP) is 3.05. The van der Waals surface area contributed by atoms with E-state index in [9.17, 15) is 18.0 Å². The molecule has 0 atom stereocenters. The quantitative estimate of drug-likeness (QED) is 0.809. The SMILES string of the molecule is O=C(Cc1c(F)cc(F)cc1F)N1CCCCCC1. The van der Waals surface area contributed by atoms with E-state index in [-0.39, 0.29) is 17.9 Å². The predicted molar refractivity (Wildman–Crippen MR) is 65.1 cm³/mol. The molecule has 1 saturated heterocycles. The van der Waals surface area contributed by atoms with Crippen molar-refractivity contribution in [2.45, 2.75) is 32.1 Å². The zero-order chi connectivity index (χ0) is 13.8. The first-order valence-corrected chi connectivity index (χ1v) is 6.49. The van der Waals surface area contributed by atoms with E-state index in [2.05, 4.69) is 0 Å². The van der Waals surface area contributed by atoms with Gasteiger partial charge in [0.15, 0.2) is 0 Å². The topological polar surface area (TPSA) is 20.3 Å². The molecule has 0 aromatic heterocycles. The van der Waals surface area contributed by atoms with Gasteiger partial charge in [0.25, 0.3) is 0 Å². The number of amides is 1. The molecule has 0 radical (unpaired) electrons. The van der Waals surface area contributed by atoms with E-state index < -0.39 is 17.5 Å². The van der Waals surface area contributed by atoms with Crippen molar-refractivity contribution in [3.05, 3.63) is 35.1 Å². The summed E-state index contributed by atoms with van der Waals surface area (Å²) in [5.41, 5.74) is -0.351. The first-order chi connectivity index (χ1) is 9.08. The van der Waals surface area contributed by atoms with Gasteiger partial charge < -0.3 is 4.90 Å². The van der Waals surface area contributed by atoms with Gasteiger partial charge in [0.2, 0.25) is 5.91 Å². The Morgan fingerprint density at radius 2 is 1.53 bits per heavy atom. The highest BCUT2D eigenvalue weighted by atomic mass is 19.1. The van der Waals surface area contributed by atoms with Crippen LogP contribution in [0.5, 0.6) is 0 Å². The van der Waals surface area contributed by atoms with E-state index in [1.165, 1.54) is 0 Å². The lowest BCUT2D eigenvalue weighted by Gasteiger charge is -2.20. The molecule has 0 saturated carbocycles. The van der Waals surface area contributed by atoms with E-state index in [1.807, 2.05) is 0 Å². The summed E-state index contributed by atoms with van der Waals surface area (Å²) in [6, 6.07) is 1.21.